The van der Waals surface area contributed by atoms with Crippen LogP contribution >= 0.6 is 0 Å². The minimum absolute atomic E-state index is 0.0568. The normalized spacial score (nSPS) is 20.9. The first-order valence-corrected chi connectivity index (χ1v) is 4.45. The molecule has 0 aromatic heterocycles. The van der Waals surface area contributed by atoms with Gasteiger partial charge in [-0.15, -0.1) is 0 Å². The van der Waals surface area contributed by atoms with Crippen molar-refractivity contribution in [2.24, 2.45) is 0 Å². The number of carbonyl (C=O) groups excluding carboxylic acids is 1. The van der Waals surface area contributed by atoms with Gasteiger partial charge in [0.1, 0.15) is 0 Å². The molecule has 1 atom stereocenters. The van der Waals surface area contributed by atoms with Crippen LogP contribution in [0.3, 0.4) is 0 Å². The first-order chi connectivity index (χ1) is 6.68. The predicted molar refractivity (Wildman–Crippen MR) is 48.2 cm³/mol. The molecule has 0 saturated carbocycles. The number of benzene rings is 1. The summed E-state index contributed by atoms with van der Waals surface area (Å²) in [5.74, 6) is -1.07. The van der Waals surface area contributed by atoms with Gasteiger partial charge in [-0.3, -0.25) is 4.79 Å². The summed E-state index contributed by atoms with van der Waals surface area (Å²) in [5.41, 5.74) is 0.454. The summed E-state index contributed by atoms with van der Waals surface area (Å²) in [5, 5.41) is 12.1. The first-order valence-electron chi connectivity index (χ1n) is 4.45. The number of para-hydroxylation sites is 1. The van der Waals surface area contributed by atoms with Gasteiger partial charge in [0, 0.05) is 12.0 Å². The average molecular weight is 195 g/mol. The zero-order valence-electron chi connectivity index (χ0n) is 7.46. The van der Waals surface area contributed by atoms with Crippen LogP contribution < -0.4 is 5.32 Å². The minimum Gasteiger partial charge on any atom is -0.505 e. The van der Waals surface area contributed by atoms with Crippen molar-refractivity contribution in [2.45, 2.75) is 18.9 Å². The lowest BCUT2D eigenvalue weighted by Gasteiger charge is -2.12. The molecule has 4 heteroatoms. The number of carbonyl (C=O) groups is 1. The number of aromatic hydroxyl groups is 1. The van der Waals surface area contributed by atoms with E-state index in [9.17, 15) is 14.3 Å². The molecule has 0 radical (unpaired) electrons. The zero-order chi connectivity index (χ0) is 10.1. The van der Waals surface area contributed by atoms with E-state index in [1.165, 1.54) is 12.1 Å². The second-order valence-corrected chi connectivity index (χ2v) is 3.34. The van der Waals surface area contributed by atoms with Crippen molar-refractivity contribution in [3.8, 4) is 5.75 Å². The van der Waals surface area contributed by atoms with Crippen molar-refractivity contribution in [3.63, 3.8) is 0 Å². The molecule has 0 aliphatic carbocycles. The molecule has 14 heavy (non-hydrogen) atoms. The number of rotatable bonds is 1. The number of hydrogen-bond acceptors (Lipinski definition) is 2. The van der Waals surface area contributed by atoms with E-state index >= 15 is 0 Å². The molecule has 74 valence electrons. The first kappa shape index (κ1) is 8.99. The van der Waals surface area contributed by atoms with E-state index in [1.807, 2.05) is 0 Å². The third kappa shape index (κ3) is 1.43. The molecular weight excluding hydrogens is 185 g/mol. The second-order valence-electron chi connectivity index (χ2n) is 3.34. The van der Waals surface area contributed by atoms with E-state index in [1.54, 1.807) is 6.07 Å². The molecule has 2 N–H and O–H groups in total. The topological polar surface area (TPSA) is 49.3 Å². The summed E-state index contributed by atoms with van der Waals surface area (Å²) in [7, 11) is 0. The Morgan fingerprint density at radius 2 is 2.29 bits per heavy atom. The monoisotopic (exact) mass is 195 g/mol. The Balaban J connectivity index is 2.32. The molecule has 1 saturated heterocycles. The molecule has 1 fully saturated rings. The molecule has 3 nitrogen and oxygen atoms in total. The number of amides is 1. The van der Waals surface area contributed by atoms with Crippen LogP contribution in [0.15, 0.2) is 18.2 Å². The zero-order valence-corrected chi connectivity index (χ0v) is 7.46. The number of phenols is 1. The maximum Gasteiger partial charge on any atom is 0.220 e. The van der Waals surface area contributed by atoms with E-state index in [0.29, 0.717) is 18.4 Å². The standard InChI is InChI=1S/C10H10FNO2/c11-7-3-1-2-6(10(7)14)8-4-5-9(13)12-8/h1-3,8,14H,4-5H2,(H,12,13). The van der Waals surface area contributed by atoms with Gasteiger partial charge in [-0.05, 0) is 12.5 Å². The van der Waals surface area contributed by atoms with Gasteiger partial charge in [-0.25, -0.2) is 4.39 Å². The van der Waals surface area contributed by atoms with E-state index in [0.717, 1.165) is 0 Å². The van der Waals surface area contributed by atoms with Crippen molar-refractivity contribution in [2.75, 3.05) is 0 Å². The van der Waals surface area contributed by atoms with Gasteiger partial charge in [-0.1, -0.05) is 12.1 Å². The number of phenolic OH excluding ortho intramolecular Hbond substituents is 1. The predicted octanol–water partition coefficient (Wildman–Crippen LogP) is 1.48. The van der Waals surface area contributed by atoms with Crippen LogP contribution in [0.1, 0.15) is 24.4 Å². The van der Waals surface area contributed by atoms with Crippen molar-refractivity contribution in [1.82, 2.24) is 5.32 Å². The van der Waals surface area contributed by atoms with E-state index in [-0.39, 0.29) is 17.7 Å². The summed E-state index contributed by atoms with van der Waals surface area (Å²) in [6, 6.07) is 4.08. The van der Waals surface area contributed by atoms with E-state index in [4.69, 9.17) is 0 Å². The van der Waals surface area contributed by atoms with Gasteiger partial charge in [0.2, 0.25) is 5.91 Å². The molecule has 1 aliphatic heterocycles. The van der Waals surface area contributed by atoms with E-state index in [2.05, 4.69) is 5.32 Å². The van der Waals surface area contributed by atoms with Gasteiger partial charge in [-0.2, -0.15) is 0 Å². The Hall–Kier alpha value is -1.58. The Bertz CT molecular complexity index is 378. The fourth-order valence-corrected chi connectivity index (χ4v) is 1.66. The highest BCUT2D eigenvalue weighted by atomic mass is 19.1. The van der Waals surface area contributed by atoms with E-state index < -0.39 is 5.82 Å². The highest BCUT2D eigenvalue weighted by molar-refractivity contribution is 5.78. The van der Waals surface area contributed by atoms with Crippen LogP contribution in [0, 0.1) is 5.82 Å². The third-order valence-corrected chi connectivity index (χ3v) is 2.39. The average Bonchev–Trinajstić information content (AvgIpc) is 2.57. The van der Waals surface area contributed by atoms with Crippen LogP contribution in [0.2, 0.25) is 0 Å². The van der Waals surface area contributed by atoms with Crippen molar-refractivity contribution in [1.29, 1.82) is 0 Å². The Morgan fingerprint density at radius 1 is 1.50 bits per heavy atom. The smallest absolute Gasteiger partial charge is 0.220 e. The second kappa shape index (κ2) is 3.29. The third-order valence-electron chi connectivity index (χ3n) is 2.39. The highest BCUT2D eigenvalue weighted by Crippen LogP contribution is 2.31. The largest absolute Gasteiger partial charge is 0.505 e. The van der Waals surface area contributed by atoms with Gasteiger partial charge >= 0.3 is 0 Å². The molecule has 1 unspecified atom stereocenters. The van der Waals surface area contributed by atoms with Crippen molar-refractivity contribution < 1.29 is 14.3 Å². The molecule has 1 amide bonds. The molecular formula is C10H10FNO2. The van der Waals surface area contributed by atoms with Gasteiger partial charge in [0.15, 0.2) is 11.6 Å². The van der Waals surface area contributed by atoms with Crippen LogP contribution in [0.25, 0.3) is 0 Å². The summed E-state index contributed by atoms with van der Waals surface area (Å²) in [4.78, 5) is 10.9. The van der Waals surface area contributed by atoms with Crippen molar-refractivity contribution in [3.05, 3.63) is 29.6 Å². The van der Waals surface area contributed by atoms with Crippen LogP contribution in [0.4, 0.5) is 4.39 Å². The van der Waals surface area contributed by atoms with Gasteiger partial charge in [0.25, 0.3) is 0 Å². The SMILES string of the molecule is O=C1CCC(c2cccc(F)c2O)N1. The summed E-state index contributed by atoms with van der Waals surface area (Å²) in [6.45, 7) is 0. The Kier molecular flexibility index (Phi) is 2.11. The molecule has 0 bridgehead atoms. The molecule has 1 aromatic carbocycles. The van der Waals surface area contributed by atoms with Gasteiger partial charge < -0.3 is 10.4 Å². The summed E-state index contributed by atoms with van der Waals surface area (Å²) >= 11 is 0. The fraction of sp³-hybridized carbons (Fsp3) is 0.300. The quantitative estimate of drug-likeness (QED) is 0.713. The van der Waals surface area contributed by atoms with Crippen LogP contribution in [-0.4, -0.2) is 11.0 Å². The maximum atomic E-state index is 13.0. The van der Waals surface area contributed by atoms with Crippen LogP contribution in [-0.2, 0) is 4.79 Å². The lowest BCUT2D eigenvalue weighted by molar-refractivity contribution is -0.119. The summed E-state index contributed by atoms with van der Waals surface area (Å²) in [6.07, 6.45) is 1.04. The number of nitrogens with one attached hydrogen (secondary N) is 1. The Labute approximate surface area is 80.6 Å². The minimum atomic E-state index is -0.649. The number of halogens is 1. The Morgan fingerprint density at radius 3 is 2.93 bits per heavy atom. The van der Waals surface area contributed by atoms with Crippen LogP contribution in [0.5, 0.6) is 5.75 Å². The summed E-state index contributed by atoms with van der Waals surface area (Å²) < 4.78 is 13.0. The maximum absolute atomic E-state index is 13.0. The molecule has 0 spiro atoms. The molecule has 1 aromatic rings. The molecule has 2 rings (SSSR count). The highest BCUT2D eigenvalue weighted by Gasteiger charge is 2.25. The number of hydrogen-bond donors (Lipinski definition) is 2. The van der Waals surface area contributed by atoms with Gasteiger partial charge in [0.05, 0.1) is 6.04 Å². The lowest BCUT2D eigenvalue weighted by Crippen LogP contribution is -2.18. The molecule has 1 heterocycles. The lowest BCUT2D eigenvalue weighted by atomic mass is 10.0. The molecule has 1 aliphatic rings. The fourth-order valence-electron chi connectivity index (χ4n) is 1.66. The van der Waals surface area contributed by atoms with Crippen molar-refractivity contribution >= 4 is 5.91 Å².